The number of furan rings is 1. The first-order valence-corrected chi connectivity index (χ1v) is 9.58. The van der Waals surface area contributed by atoms with Crippen molar-refractivity contribution < 1.29 is 14.0 Å². The Morgan fingerprint density at radius 1 is 1.00 bits per heavy atom. The van der Waals surface area contributed by atoms with E-state index in [-0.39, 0.29) is 11.8 Å². The fourth-order valence-electron chi connectivity index (χ4n) is 3.24. The van der Waals surface area contributed by atoms with Crippen LogP contribution in [0, 0.1) is 0 Å². The summed E-state index contributed by atoms with van der Waals surface area (Å²) in [6, 6.07) is 13.7. The molecule has 0 atom stereocenters. The van der Waals surface area contributed by atoms with Crippen molar-refractivity contribution in [2.75, 3.05) is 39.3 Å². The quantitative estimate of drug-likeness (QED) is 0.725. The van der Waals surface area contributed by atoms with Crippen LogP contribution in [0.1, 0.15) is 29.0 Å². The van der Waals surface area contributed by atoms with E-state index in [2.05, 4.69) is 22.3 Å². The predicted molar refractivity (Wildman–Crippen MR) is 103 cm³/mol. The molecule has 0 saturated carbocycles. The summed E-state index contributed by atoms with van der Waals surface area (Å²) in [6.07, 6.45) is 3.94. The Labute approximate surface area is 160 Å². The SMILES string of the molecule is O=C(CCN1CCN(C(=O)c2ccco2)CC1)NCCCc1ccccc1. The van der Waals surface area contributed by atoms with Crippen LogP contribution in [0.3, 0.4) is 0 Å². The fraction of sp³-hybridized carbons (Fsp3) is 0.429. The van der Waals surface area contributed by atoms with Crippen molar-refractivity contribution in [1.82, 2.24) is 15.1 Å². The summed E-state index contributed by atoms with van der Waals surface area (Å²) in [5, 5.41) is 3.00. The van der Waals surface area contributed by atoms with E-state index in [4.69, 9.17) is 4.42 Å². The molecule has 6 nitrogen and oxygen atoms in total. The lowest BCUT2D eigenvalue weighted by atomic mass is 10.1. The lowest BCUT2D eigenvalue weighted by Crippen LogP contribution is -2.49. The van der Waals surface area contributed by atoms with E-state index < -0.39 is 0 Å². The van der Waals surface area contributed by atoms with Crippen LogP contribution in [-0.4, -0.2) is 60.9 Å². The molecule has 1 aliphatic heterocycles. The van der Waals surface area contributed by atoms with Gasteiger partial charge in [-0.05, 0) is 30.5 Å². The second-order valence-corrected chi connectivity index (χ2v) is 6.80. The highest BCUT2D eigenvalue weighted by Gasteiger charge is 2.23. The first-order chi connectivity index (χ1) is 13.2. The number of rotatable bonds is 8. The fourth-order valence-corrected chi connectivity index (χ4v) is 3.24. The predicted octanol–water partition coefficient (Wildman–Crippen LogP) is 2.18. The molecule has 1 aromatic carbocycles. The standard InChI is InChI=1S/C21H27N3O3/c25-20(22-11-4-8-18-6-2-1-3-7-18)10-12-23-13-15-24(16-14-23)21(26)19-9-5-17-27-19/h1-3,5-7,9,17H,4,8,10-16H2,(H,22,25). The molecule has 1 N–H and O–H groups in total. The Bertz CT molecular complexity index is 708. The highest BCUT2D eigenvalue weighted by Crippen LogP contribution is 2.09. The van der Waals surface area contributed by atoms with Crippen molar-refractivity contribution >= 4 is 11.8 Å². The second kappa shape index (κ2) is 9.92. The third-order valence-corrected chi connectivity index (χ3v) is 4.85. The van der Waals surface area contributed by atoms with Crippen molar-refractivity contribution in [2.45, 2.75) is 19.3 Å². The lowest BCUT2D eigenvalue weighted by molar-refractivity contribution is -0.121. The number of nitrogens with zero attached hydrogens (tertiary/aromatic N) is 2. The van der Waals surface area contributed by atoms with Gasteiger partial charge in [0.1, 0.15) is 0 Å². The van der Waals surface area contributed by atoms with Crippen LogP contribution >= 0.6 is 0 Å². The summed E-state index contributed by atoms with van der Waals surface area (Å²) in [7, 11) is 0. The topological polar surface area (TPSA) is 65.8 Å². The molecule has 1 aliphatic rings. The van der Waals surface area contributed by atoms with Gasteiger partial charge in [0.25, 0.3) is 5.91 Å². The molecule has 1 saturated heterocycles. The molecular formula is C21H27N3O3. The number of nitrogens with one attached hydrogen (secondary N) is 1. The van der Waals surface area contributed by atoms with E-state index in [0.717, 1.165) is 32.5 Å². The van der Waals surface area contributed by atoms with Gasteiger partial charge in [0.15, 0.2) is 5.76 Å². The van der Waals surface area contributed by atoms with Crippen molar-refractivity contribution in [3.63, 3.8) is 0 Å². The zero-order chi connectivity index (χ0) is 18.9. The minimum absolute atomic E-state index is 0.0594. The molecule has 0 bridgehead atoms. The van der Waals surface area contributed by atoms with E-state index in [0.29, 0.717) is 31.8 Å². The Hall–Kier alpha value is -2.60. The lowest BCUT2D eigenvalue weighted by Gasteiger charge is -2.34. The summed E-state index contributed by atoms with van der Waals surface area (Å²) in [5.41, 5.74) is 1.30. The van der Waals surface area contributed by atoms with Crippen LogP contribution in [0.25, 0.3) is 0 Å². The van der Waals surface area contributed by atoms with Gasteiger partial charge >= 0.3 is 0 Å². The Kier molecular flexibility index (Phi) is 7.04. The number of carbonyl (C=O) groups is 2. The molecule has 0 unspecified atom stereocenters. The van der Waals surface area contributed by atoms with Gasteiger partial charge < -0.3 is 14.6 Å². The molecule has 2 amide bonds. The Balaban J connectivity index is 1.27. The van der Waals surface area contributed by atoms with Crippen LogP contribution in [0.4, 0.5) is 0 Å². The minimum Gasteiger partial charge on any atom is -0.459 e. The zero-order valence-corrected chi connectivity index (χ0v) is 15.6. The number of carbonyl (C=O) groups excluding carboxylic acids is 2. The maximum Gasteiger partial charge on any atom is 0.289 e. The third kappa shape index (κ3) is 5.96. The molecule has 0 radical (unpaired) electrons. The number of piperazine rings is 1. The highest BCUT2D eigenvalue weighted by molar-refractivity contribution is 5.91. The molecule has 27 heavy (non-hydrogen) atoms. The first-order valence-electron chi connectivity index (χ1n) is 9.58. The van der Waals surface area contributed by atoms with Crippen LogP contribution < -0.4 is 5.32 Å². The molecule has 6 heteroatoms. The molecule has 3 rings (SSSR count). The summed E-state index contributed by atoms with van der Waals surface area (Å²) < 4.78 is 5.17. The van der Waals surface area contributed by atoms with Gasteiger partial charge in [-0.15, -0.1) is 0 Å². The second-order valence-electron chi connectivity index (χ2n) is 6.80. The average molecular weight is 369 g/mol. The smallest absolute Gasteiger partial charge is 0.289 e. The van der Waals surface area contributed by atoms with E-state index in [1.54, 1.807) is 17.0 Å². The monoisotopic (exact) mass is 369 g/mol. The highest BCUT2D eigenvalue weighted by atomic mass is 16.3. The number of benzene rings is 1. The maximum atomic E-state index is 12.2. The first kappa shape index (κ1) is 19.2. The summed E-state index contributed by atoms with van der Waals surface area (Å²) in [6.45, 7) is 4.34. The summed E-state index contributed by atoms with van der Waals surface area (Å²) in [4.78, 5) is 28.3. The van der Waals surface area contributed by atoms with Crippen molar-refractivity contribution in [3.8, 4) is 0 Å². The molecule has 144 valence electrons. The van der Waals surface area contributed by atoms with Gasteiger partial charge in [0.2, 0.25) is 5.91 Å². The Morgan fingerprint density at radius 2 is 1.78 bits per heavy atom. The van der Waals surface area contributed by atoms with Gasteiger partial charge in [-0.3, -0.25) is 14.5 Å². The molecule has 2 aromatic rings. The number of hydrogen-bond acceptors (Lipinski definition) is 4. The van der Waals surface area contributed by atoms with Crippen LogP contribution in [-0.2, 0) is 11.2 Å². The molecule has 2 heterocycles. The number of amides is 2. The summed E-state index contributed by atoms with van der Waals surface area (Å²) in [5.74, 6) is 0.422. The van der Waals surface area contributed by atoms with Crippen molar-refractivity contribution in [1.29, 1.82) is 0 Å². The Morgan fingerprint density at radius 3 is 2.48 bits per heavy atom. The van der Waals surface area contributed by atoms with Gasteiger partial charge in [-0.1, -0.05) is 30.3 Å². The largest absolute Gasteiger partial charge is 0.459 e. The molecule has 1 aromatic heterocycles. The van der Waals surface area contributed by atoms with Crippen molar-refractivity contribution in [2.24, 2.45) is 0 Å². The van der Waals surface area contributed by atoms with E-state index in [9.17, 15) is 9.59 Å². The van der Waals surface area contributed by atoms with Gasteiger partial charge in [0, 0.05) is 45.7 Å². The van der Waals surface area contributed by atoms with E-state index >= 15 is 0 Å². The minimum atomic E-state index is -0.0594. The van der Waals surface area contributed by atoms with Crippen LogP contribution in [0.2, 0.25) is 0 Å². The zero-order valence-electron chi connectivity index (χ0n) is 15.6. The molecular weight excluding hydrogens is 342 g/mol. The van der Waals surface area contributed by atoms with Crippen LogP contribution in [0.15, 0.2) is 53.1 Å². The van der Waals surface area contributed by atoms with Gasteiger partial charge in [-0.25, -0.2) is 0 Å². The molecule has 1 fully saturated rings. The van der Waals surface area contributed by atoms with Crippen molar-refractivity contribution in [3.05, 3.63) is 60.1 Å². The third-order valence-electron chi connectivity index (χ3n) is 4.85. The van der Waals surface area contributed by atoms with Crippen LogP contribution in [0.5, 0.6) is 0 Å². The average Bonchev–Trinajstić information content (AvgIpc) is 3.25. The number of aryl methyl sites for hydroxylation is 1. The normalized spacial score (nSPS) is 14.9. The molecule has 0 aliphatic carbocycles. The van der Waals surface area contributed by atoms with E-state index in [1.165, 1.54) is 11.8 Å². The maximum absolute atomic E-state index is 12.2. The van der Waals surface area contributed by atoms with Gasteiger partial charge in [-0.2, -0.15) is 0 Å². The van der Waals surface area contributed by atoms with Gasteiger partial charge in [0.05, 0.1) is 6.26 Å². The van der Waals surface area contributed by atoms with E-state index in [1.807, 2.05) is 18.2 Å². The molecule has 0 spiro atoms. The summed E-state index contributed by atoms with van der Waals surface area (Å²) >= 11 is 0. The number of hydrogen-bond donors (Lipinski definition) is 1.